The number of hydrogen-bond donors (Lipinski definition) is 1. The van der Waals surface area contributed by atoms with Gasteiger partial charge in [0.05, 0.1) is 4.47 Å². The number of nitrogens with zero attached hydrogens (tertiary/aromatic N) is 1. The zero-order valence-corrected chi connectivity index (χ0v) is 18.7. The molecule has 1 amide bonds. The molecule has 156 valence electrons. The SMILES string of the molecule is N#C/C(=C/c1ccc(OCc2cccc3ccccc23)c(Br)c1)C(=O)NC1CCCC1. The summed E-state index contributed by atoms with van der Waals surface area (Å²) in [5.41, 5.74) is 2.00. The van der Waals surface area contributed by atoms with Crippen LogP contribution in [0.5, 0.6) is 5.75 Å². The summed E-state index contributed by atoms with van der Waals surface area (Å²) in [6, 6.07) is 22.2. The number of rotatable bonds is 6. The van der Waals surface area contributed by atoms with Crippen LogP contribution in [-0.2, 0) is 11.4 Å². The zero-order chi connectivity index (χ0) is 21.6. The molecular formula is C26H23BrN2O2. The Hall–Kier alpha value is -3.10. The maximum Gasteiger partial charge on any atom is 0.262 e. The van der Waals surface area contributed by atoms with E-state index in [1.165, 1.54) is 10.8 Å². The molecule has 0 aromatic heterocycles. The second-order valence-electron chi connectivity index (χ2n) is 7.74. The number of carbonyl (C=O) groups is 1. The van der Waals surface area contributed by atoms with E-state index in [0.717, 1.165) is 41.3 Å². The van der Waals surface area contributed by atoms with Crippen LogP contribution in [-0.4, -0.2) is 11.9 Å². The van der Waals surface area contributed by atoms with Gasteiger partial charge in [0.2, 0.25) is 0 Å². The standard InChI is InChI=1S/C26H23BrN2O2/c27-24-15-18(14-21(16-28)26(30)29-22-9-2-3-10-22)12-13-25(24)31-17-20-8-5-7-19-6-1-4-11-23(19)20/h1,4-8,11-15,22H,2-3,9-10,17H2,(H,29,30)/b21-14-. The Balaban J connectivity index is 1.46. The first-order valence-electron chi connectivity index (χ1n) is 10.5. The van der Waals surface area contributed by atoms with Crippen molar-refractivity contribution >= 4 is 38.7 Å². The fraction of sp³-hybridized carbons (Fsp3) is 0.231. The lowest BCUT2D eigenvalue weighted by molar-refractivity contribution is -0.117. The molecule has 0 atom stereocenters. The summed E-state index contributed by atoms with van der Waals surface area (Å²) in [6.07, 6.45) is 5.84. The number of fused-ring (bicyclic) bond motifs is 1. The topological polar surface area (TPSA) is 62.1 Å². The van der Waals surface area contributed by atoms with E-state index >= 15 is 0 Å². The summed E-state index contributed by atoms with van der Waals surface area (Å²) >= 11 is 3.55. The van der Waals surface area contributed by atoms with Gasteiger partial charge < -0.3 is 10.1 Å². The van der Waals surface area contributed by atoms with E-state index < -0.39 is 0 Å². The largest absolute Gasteiger partial charge is 0.488 e. The van der Waals surface area contributed by atoms with E-state index in [1.807, 2.05) is 42.5 Å². The van der Waals surface area contributed by atoms with Crippen molar-refractivity contribution in [2.75, 3.05) is 0 Å². The van der Waals surface area contributed by atoms with Crippen LogP contribution < -0.4 is 10.1 Å². The van der Waals surface area contributed by atoms with Crippen molar-refractivity contribution in [2.24, 2.45) is 0 Å². The highest BCUT2D eigenvalue weighted by molar-refractivity contribution is 9.10. The van der Waals surface area contributed by atoms with Crippen LogP contribution in [0.2, 0.25) is 0 Å². The minimum Gasteiger partial charge on any atom is -0.488 e. The van der Waals surface area contributed by atoms with E-state index in [-0.39, 0.29) is 17.5 Å². The number of carbonyl (C=O) groups excluding carboxylic acids is 1. The maximum absolute atomic E-state index is 12.4. The quantitative estimate of drug-likeness (QED) is 0.344. The Morgan fingerprint density at radius 3 is 2.68 bits per heavy atom. The van der Waals surface area contributed by atoms with Crippen molar-refractivity contribution in [2.45, 2.75) is 38.3 Å². The first-order valence-corrected chi connectivity index (χ1v) is 11.2. The number of amides is 1. The van der Waals surface area contributed by atoms with Gasteiger partial charge >= 0.3 is 0 Å². The molecule has 1 N–H and O–H groups in total. The molecule has 0 spiro atoms. The summed E-state index contributed by atoms with van der Waals surface area (Å²) in [4.78, 5) is 12.4. The molecule has 0 bridgehead atoms. The van der Waals surface area contributed by atoms with Crippen molar-refractivity contribution in [1.29, 1.82) is 5.26 Å². The van der Waals surface area contributed by atoms with E-state index in [4.69, 9.17) is 4.74 Å². The van der Waals surface area contributed by atoms with Crippen molar-refractivity contribution in [3.63, 3.8) is 0 Å². The molecule has 0 radical (unpaired) electrons. The Morgan fingerprint density at radius 2 is 1.90 bits per heavy atom. The highest BCUT2D eigenvalue weighted by Crippen LogP contribution is 2.29. The average Bonchev–Trinajstić information content (AvgIpc) is 3.29. The third kappa shape index (κ3) is 5.15. The van der Waals surface area contributed by atoms with Gasteiger partial charge in [-0.1, -0.05) is 61.4 Å². The summed E-state index contributed by atoms with van der Waals surface area (Å²) in [6.45, 7) is 0.447. The molecular weight excluding hydrogens is 452 g/mol. The number of ether oxygens (including phenoxy) is 1. The second-order valence-corrected chi connectivity index (χ2v) is 8.60. The lowest BCUT2D eigenvalue weighted by Crippen LogP contribution is -2.33. The molecule has 1 saturated carbocycles. The van der Waals surface area contributed by atoms with Gasteiger partial charge in [-0.3, -0.25) is 4.79 Å². The highest BCUT2D eigenvalue weighted by atomic mass is 79.9. The van der Waals surface area contributed by atoms with E-state index in [9.17, 15) is 10.1 Å². The molecule has 4 rings (SSSR count). The summed E-state index contributed by atoms with van der Waals surface area (Å²) in [5, 5.41) is 14.8. The fourth-order valence-electron chi connectivity index (χ4n) is 3.95. The Morgan fingerprint density at radius 1 is 1.13 bits per heavy atom. The third-order valence-corrected chi connectivity index (χ3v) is 6.21. The van der Waals surface area contributed by atoms with Crippen LogP contribution in [0.4, 0.5) is 0 Å². The van der Waals surface area contributed by atoms with Crippen LogP contribution >= 0.6 is 15.9 Å². The van der Waals surface area contributed by atoms with Gasteiger partial charge in [-0.05, 0) is 68.9 Å². The lowest BCUT2D eigenvalue weighted by atomic mass is 10.1. The predicted molar refractivity (Wildman–Crippen MR) is 126 cm³/mol. The van der Waals surface area contributed by atoms with E-state index in [1.54, 1.807) is 6.08 Å². The summed E-state index contributed by atoms with van der Waals surface area (Å²) in [7, 11) is 0. The lowest BCUT2D eigenvalue weighted by Gasteiger charge is -2.12. The Bertz CT molecular complexity index is 1170. The fourth-order valence-corrected chi connectivity index (χ4v) is 4.46. The average molecular weight is 475 g/mol. The molecule has 1 aliphatic rings. The Labute approximate surface area is 190 Å². The van der Waals surface area contributed by atoms with E-state index in [0.29, 0.717) is 12.4 Å². The normalized spacial score (nSPS) is 14.4. The number of hydrogen-bond acceptors (Lipinski definition) is 3. The maximum atomic E-state index is 12.4. The Kier molecular flexibility index (Phi) is 6.69. The van der Waals surface area contributed by atoms with Crippen molar-refractivity contribution in [3.8, 4) is 11.8 Å². The summed E-state index contributed by atoms with van der Waals surface area (Å²) in [5.74, 6) is 0.404. The van der Waals surface area contributed by atoms with Crippen LogP contribution in [0.3, 0.4) is 0 Å². The van der Waals surface area contributed by atoms with Crippen molar-refractivity contribution in [1.82, 2.24) is 5.32 Å². The molecule has 4 nitrogen and oxygen atoms in total. The monoisotopic (exact) mass is 474 g/mol. The summed E-state index contributed by atoms with van der Waals surface area (Å²) < 4.78 is 6.81. The van der Waals surface area contributed by atoms with Gasteiger partial charge in [0.1, 0.15) is 24.0 Å². The molecule has 3 aromatic carbocycles. The molecule has 5 heteroatoms. The van der Waals surface area contributed by atoms with Gasteiger partial charge in [0.25, 0.3) is 5.91 Å². The van der Waals surface area contributed by atoms with Crippen LogP contribution in [0, 0.1) is 11.3 Å². The van der Waals surface area contributed by atoms with Crippen molar-refractivity contribution in [3.05, 3.63) is 81.8 Å². The molecule has 1 aliphatic carbocycles. The molecule has 0 aliphatic heterocycles. The first-order chi connectivity index (χ1) is 15.1. The minimum atomic E-state index is -0.304. The molecule has 0 saturated heterocycles. The second kappa shape index (κ2) is 9.80. The van der Waals surface area contributed by atoms with Gasteiger partial charge in [0, 0.05) is 6.04 Å². The highest BCUT2D eigenvalue weighted by Gasteiger charge is 2.19. The molecule has 3 aromatic rings. The van der Waals surface area contributed by atoms with Crippen LogP contribution in [0.15, 0.2) is 70.7 Å². The van der Waals surface area contributed by atoms with Crippen LogP contribution in [0.25, 0.3) is 16.8 Å². The third-order valence-electron chi connectivity index (χ3n) is 5.59. The number of nitriles is 1. The molecule has 0 heterocycles. The molecule has 0 unspecified atom stereocenters. The van der Waals surface area contributed by atoms with Crippen LogP contribution in [0.1, 0.15) is 36.8 Å². The van der Waals surface area contributed by atoms with Gasteiger partial charge in [0.15, 0.2) is 0 Å². The molecule has 1 fully saturated rings. The van der Waals surface area contributed by atoms with E-state index in [2.05, 4.69) is 45.5 Å². The van der Waals surface area contributed by atoms with Crippen molar-refractivity contribution < 1.29 is 9.53 Å². The number of benzene rings is 3. The number of nitrogens with one attached hydrogen (secondary N) is 1. The minimum absolute atomic E-state index is 0.114. The van der Waals surface area contributed by atoms with Gasteiger partial charge in [-0.15, -0.1) is 0 Å². The smallest absolute Gasteiger partial charge is 0.262 e. The van der Waals surface area contributed by atoms with Gasteiger partial charge in [-0.2, -0.15) is 5.26 Å². The molecule has 31 heavy (non-hydrogen) atoms. The number of halogens is 1. The predicted octanol–water partition coefficient (Wildman–Crippen LogP) is 6.15. The van der Waals surface area contributed by atoms with Gasteiger partial charge in [-0.25, -0.2) is 0 Å². The first kappa shape index (κ1) is 21.1. The zero-order valence-electron chi connectivity index (χ0n) is 17.1.